The molecule has 2 rings (SSSR count). The van der Waals surface area contributed by atoms with Crippen molar-refractivity contribution in [2.75, 3.05) is 11.9 Å². The first-order chi connectivity index (χ1) is 10.5. The number of nitrogens with one attached hydrogen (secondary N) is 2. The highest BCUT2D eigenvalue weighted by atomic mass is 32.1. The van der Waals surface area contributed by atoms with Crippen LogP contribution < -0.4 is 15.4 Å². The molecule has 0 unspecified atom stereocenters. The van der Waals surface area contributed by atoms with Crippen LogP contribution in [-0.2, 0) is 0 Å². The lowest BCUT2D eigenvalue weighted by Gasteiger charge is -2.17. The van der Waals surface area contributed by atoms with Crippen LogP contribution in [0.25, 0.3) is 0 Å². The lowest BCUT2D eigenvalue weighted by Crippen LogP contribution is -2.39. The third-order valence-electron chi connectivity index (χ3n) is 2.98. The van der Waals surface area contributed by atoms with Crippen molar-refractivity contribution in [2.24, 2.45) is 0 Å². The van der Waals surface area contributed by atoms with Gasteiger partial charge < -0.3 is 15.4 Å². The highest BCUT2D eigenvalue weighted by molar-refractivity contribution is 7.80. The van der Waals surface area contributed by atoms with E-state index >= 15 is 0 Å². The Morgan fingerprint density at radius 2 is 1.95 bits per heavy atom. The number of anilines is 1. The van der Waals surface area contributed by atoms with Gasteiger partial charge >= 0.3 is 0 Å². The van der Waals surface area contributed by atoms with E-state index in [0.29, 0.717) is 17.4 Å². The Hall–Kier alpha value is -2.14. The van der Waals surface area contributed by atoms with E-state index in [1.54, 1.807) is 12.1 Å². The average Bonchev–Trinajstić information content (AvgIpc) is 2.46. The van der Waals surface area contributed by atoms with Crippen LogP contribution in [0.1, 0.15) is 12.5 Å². The molecule has 0 spiro atoms. The SMILES string of the molecule is Cc1ccc(OC[C@H](C)NC(=S)Nc2cccc(F)c2)cc1. The van der Waals surface area contributed by atoms with Crippen molar-refractivity contribution in [3.63, 3.8) is 0 Å². The van der Waals surface area contributed by atoms with Gasteiger partial charge in [0.25, 0.3) is 0 Å². The van der Waals surface area contributed by atoms with E-state index in [1.165, 1.54) is 17.7 Å². The third kappa shape index (κ3) is 5.33. The number of hydrogen-bond donors (Lipinski definition) is 2. The topological polar surface area (TPSA) is 33.3 Å². The van der Waals surface area contributed by atoms with E-state index in [2.05, 4.69) is 10.6 Å². The molecule has 0 aromatic heterocycles. The first-order valence-electron chi connectivity index (χ1n) is 7.05. The zero-order chi connectivity index (χ0) is 15.9. The van der Waals surface area contributed by atoms with Gasteiger partial charge in [-0.1, -0.05) is 23.8 Å². The summed E-state index contributed by atoms with van der Waals surface area (Å²) in [6, 6.07) is 14.1. The maximum Gasteiger partial charge on any atom is 0.171 e. The van der Waals surface area contributed by atoms with Crippen molar-refractivity contribution in [1.82, 2.24) is 5.32 Å². The number of rotatable bonds is 5. The Balaban J connectivity index is 1.77. The van der Waals surface area contributed by atoms with Crippen molar-refractivity contribution < 1.29 is 9.13 Å². The maximum absolute atomic E-state index is 13.1. The largest absolute Gasteiger partial charge is 0.491 e. The minimum atomic E-state index is -0.302. The molecule has 3 nitrogen and oxygen atoms in total. The number of benzene rings is 2. The van der Waals surface area contributed by atoms with Gasteiger partial charge in [0.15, 0.2) is 5.11 Å². The van der Waals surface area contributed by atoms with Gasteiger partial charge in [0, 0.05) is 5.69 Å². The molecule has 5 heteroatoms. The van der Waals surface area contributed by atoms with Crippen LogP contribution in [0.3, 0.4) is 0 Å². The second-order valence-electron chi connectivity index (χ2n) is 5.13. The van der Waals surface area contributed by atoms with Gasteiger partial charge in [-0.25, -0.2) is 4.39 Å². The van der Waals surface area contributed by atoms with Gasteiger partial charge in [-0.15, -0.1) is 0 Å². The average molecular weight is 318 g/mol. The molecular formula is C17H19FN2OS. The summed E-state index contributed by atoms with van der Waals surface area (Å²) in [6.45, 7) is 4.48. The van der Waals surface area contributed by atoms with E-state index in [0.717, 1.165) is 5.75 Å². The highest BCUT2D eigenvalue weighted by Crippen LogP contribution is 2.12. The van der Waals surface area contributed by atoms with Crippen LogP contribution in [0, 0.1) is 12.7 Å². The molecule has 0 aliphatic carbocycles. The van der Waals surface area contributed by atoms with Crippen LogP contribution in [0.2, 0.25) is 0 Å². The molecule has 0 bridgehead atoms. The molecule has 2 aromatic rings. The van der Waals surface area contributed by atoms with E-state index in [9.17, 15) is 4.39 Å². The minimum Gasteiger partial charge on any atom is -0.491 e. The number of thiocarbonyl (C=S) groups is 1. The minimum absolute atomic E-state index is 0.0230. The van der Waals surface area contributed by atoms with Gasteiger partial charge in [-0.05, 0) is 56.4 Å². The quantitative estimate of drug-likeness (QED) is 0.820. The Labute approximate surface area is 135 Å². The molecule has 1 atom stereocenters. The molecule has 0 amide bonds. The number of halogens is 1. The van der Waals surface area contributed by atoms with E-state index in [1.807, 2.05) is 38.1 Å². The first-order valence-corrected chi connectivity index (χ1v) is 7.46. The summed E-state index contributed by atoms with van der Waals surface area (Å²) in [7, 11) is 0. The van der Waals surface area contributed by atoms with Gasteiger partial charge in [0.2, 0.25) is 0 Å². The number of hydrogen-bond acceptors (Lipinski definition) is 2. The molecule has 0 aliphatic heterocycles. The van der Waals surface area contributed by atoms with Gasteiger partial charge in [0.1, 0.15) is 18.2 Å². The Kier molecular flexibility index (Phi) is 5.72. The molecule has 2 N–H and O–H groups in total. The Morgan fingerprint density at radius 3 is 2.64 bits per heavy atom. The predicted octanol–water partition coefficient (Wildman–Crippen LogP) is 3.89. The van der Waals surface area contributed by atoms with Crippen LogP contribution in [0.5, 0.6) is 5.75 Å². The normalized spacial score (nSPS) is 11.6. The van der Waals surface area contributed by atoms with E-state index in [-0.39, 0.29) is 11.9 Å². The van der Waals surface area contributed by atoms with Gasteiger partial charge in [0.05, 0.1) is 6.04 Å². The Morgan fingerprint density at radius 1 is 1.23 bits per heavy atom. The molecule has 0 radical (unpaired) electrons. The van der Waals surface area contributed by atoms with Gasteiger partial charge in [-0.3, -0.25) is 0 Å². The van der Waals surface area contributed by atoms with Crippen LogP contribution in [0.4, 0.5) is 10.1 Å². The zero-order valence-electron chi connectivity index (χ0n) is 12.6. The maximum atomic E-state index is 13.1. The second-order valence-corrected chi connectivity index (χ2v) is 5.54. The van der Waals surface area contributed by atoms with Crippen LogP contribution in [-0.4, -0.2) is 17.8 Å². The fourth-order valence-corrected chi connectivity index (χ4v) is 2.17. The standard InChI is InChI=1S/C17H19FN2OS/c1-12-6-8-16(9-7-12)21-11-13(2)19-17(22)20-15-5-3-4-14(18)10-15/h3-10,13H,11H2,1-2H3,(H2,19,20,22)/t13-/m0/s1. The molecule has 116 valence electrons. The van der Waals surface area contributed by atoms with Crippen LogP contribution in [0.15, 0.2) is 48.5 Å². The third-order valence-corrected chi connectivity index (χ3v) is 3.20. The summed E-state index contributed by atoms with van der Waals surface area (Å²) in [5.41, 5.74) is 1.81. The van der Waals surface area contributed by atoms with Crippen molar-refractivity contribution in [1.29, 1.82) is 0 Å². The van der Waals surface area contributed by atoms with Crippen molar-refractivity contribution in [3.8, 4) is 5.75 Å². The molecule has 0 fully saturated rings. The predicted molar refractivity (Wildman–Crippen MR) is 91.9 cm³/mol. The summed E-state index contributed by atoms with van der Waals surface area (Å²) in [5.74, 6) is 0.520. The summed E-state index contributed by atoms with van der Waals surface area (Å²) < 4.78 is 18.8. The molecular weight excluding hydrogens is 299 g/mol. The molecule has 0 aliphatic rings. The van der Waals surface area contributed by atoms with E-state index in [4.69, 9.17) is 17.0 Å². The lowest BCUT2D eigenvalue weighted by atomic mass is 10.2. The van der Waals surface area contributed by atoms with Gasteiger partial charge in [-0.2, -0.15) is 0 Å². The van der Waals surface area contributed by atoms with Crippen molar-refractivity contribution in [3.05, 3.63) is 59.9 Å². The first kappa shape index (κ1) is 16.2. The lowest BCUT2D eigenvalue weighted by molar-refractivity contribution is 0.287. The molecule has 22 heavy (non-hydrogen) atoms. The zero-order valence-corrected chi connectivity index (χ0v) is 13.4. The molecule has 0 heterocycles. The Bertz CT molecular complexity index is 631. The molecule has 0 saturated heterocycles. The second kappa shape index (κ2) is 7.75. The number of ether oxygens (including phenoxy) is 1. The highest BCUT2D eigenvalue weighted by Gasteiger charge is 2.06. The summed E-state index contributed by atoms with van der Waals surface area (Å²) in [4.78, 5) is 0. The van der Waals surface area contributed by atoms with Crippen molar-refractivity contribution >= 4 is 23.0 Å². The fraction of sp³-hybridized carbons (Fsp3) is 0.235. The smallest absolute Gasteiger partial charge is 0.171 e. The fourth-order valence-electron chi connectivity index (χ4n) is 1.85. The molecule has 2 aromatic carbocycles. The van der Waals surface area contributed by atoms with E-state index < -0.39 is 0 Å². The monoisotopic (exact) mass is 318 g/mol. The summed E-state index contributed by atoms with van der Waals surface area (Å²) in [5, 5.41) is 6.48. The van der Waals surface area contributed by atoms with Crippen molar-refractivity contribution in [2.45, 2.75) is 19.9 Å². The molecule has 0 saturated carbocycles. The van der Waals surface area contributed by atoms with Crippen LogP contribution >= 0.6 is 12.2 Å². The summed E-state index contributed by atoms with van der Waals surface area (Å²) >= 11 is 5.20. The number of aryl methyl sites for hydroxylation is 1. The summed E-state index contributed by atoms with van der Waals surface area (Å²) in [6.07, 6.45) is 0.